The van der Waals surface area contributed by atoms with Crippen LogP contribution in [0, 0.1) is 12.3 Å². The topological polar surface area (TPSA) is 24.5 Å². The minimum absolute atomic E-state index is 0.290. The SMILES string of the molecule is C#CCCC(NCCC)C1CN(C)CCO1. The molecule has 0 bridgehead atoms. The highest BCUT2D eigenvalue weighted by Crippen LogP contribution is 2.11. The number of nitrogens with one attached hydrogen (secondary N) is 1. The van der Waals surface area contributed by atoms with E-state index in [-0.39, 0.29) is 0 Å². The van der Waals surface area contributed by atoms with Crippen molar-refractivity contribution in [3.05, 3.63) is 0 Å². The summed E-state index contributed by atoms with van der Waals surface area (Å²) in [5.74, 6) is 2.72. The van der Waals surface area contributed by atoms with Crippen molar-refractivity contribution in [3.63, 3.8) is 0 Å². The van der Waals surface area contributed by atoms with Crippen LogP contribution in [-0.2, 0) is 4.74 Å². The predicted octanol–water partition coefficient (Wildman–Crippen LogP) is 1.10. The first-order chi connectivity index (χ1) is 7.77. The number of hydrogen-bond donors (Lipinski definition) is 1. The molecule has 3 nitrogen and oxygen atoms in total. The summed E-state index contributed by atoms with van der Waals surface area (Å²) in [5, 5.41) is 3.55. The summed E-state index contributed by atoms with van der Waals surface area (Å²) in [7, 11) is 2.15. The van der Waals surface area contributed by atoms with Crippen LogP contribution < -0.4 is 5.32 Å². The number of terminal acetylenes is 1. The number of nitrogens with zero attached hydrogens (tertiary/aromatic N) is 1. The van der Waals surface area contributed by atoms with Crippen LogP contribution in [0.1, 0.15) is 26.2 Å². The normalized spacial score (nSPS) is 23.9. The number of likely N-dealkylation sites (N-methyl/N-ethyl adjacent to an activating group) is 1. The standard InChI is InChI=1S/C13H24N2O/c1-4-6-7-12(14-8-5-2)13-11-15(3)9-10-16-13/h1,12-14H,5-11H2,2-3H3. The fourth-order valence-corrected chi connectivity index (χ4v) is 2.04. The summed E-state index contributed by atoms with van der Waals surface area (Å²) in [4.78, 5) is 2.32. The minimum atomic E-state index is 0.290. The molecule has 1 fully saturated rings. The number of hydrogen-bond acceptors (Lipinski definition) is 3. The highest BCUT2D eigenvalue weighted by molar-refractivity contribution is 4.89. The maximum Gasteiger partial charge on any atom is 0.0855 e. The number of morpholine rings is 1. The van der Waals surface area contributed by atoms with Gasteiger partial charge in [0, 0.05) is 25.6 Å². The summed E-state index contributed by atoms with van der Waals surface area (Å²) in [5.41, 5.74) is 0. The largest absolute Gasteiger partial charge is 0.374 e. The third kappa shape index (κ3) is 4.52. The third-order valence-electron chi connectivity index (χ3n) is 3.00. The molecule has 0 saturated carbocycles. The monoisotopic (exact) mass is 224 g/mol. The van der Waals surface area contributed by atoms with Crippen LogP contribution in [0.2, 0.25) is 0 Å². The Balaban J connectivity index is 2.42. The van der Waals surface area contributed by atoms with Crippen LogP contribution in [0.15, 0.2) is 0 Å². The maximum absolute atomic E-state index is 5.83. The van der Waals surface area contributed by atoms with Gasteiger partial charge >= 0.3 is 0 Å². The first-order valence-corrected chi connectivity index (χ1v) is 6.25. The second kappa shape index (κ2) is 7.67. The van der Waals surface area contributed by atoms with Crippen molar-refractivity contribution in [1.82, 2.24) is 10.2 Å². The summed E-state index contributed by atoms with van der Waals surface area (Å²) in [6, 6.07) is 0.402. The van der Waals surface area contributed by atoms with Gasteiger partial charge in [0.25, 0.3) is 0 Å². The summed E-state index contributed by atoms with van der Waals surface area (Å²) in [6.45, 7) is 6.09. The van der Waals surface area contributed by atoms with E-state index in [1.807, 2.05) is 0 Å². The van der Waals surface area contributed by atoms with Crippen LogP contribution in [-0.4, -0.2) is 50.3 Å². The van der Waals surface area contributed by atoms with E-state index in [2.05, 4.69) is 30.1 Å². The van der Waals surface area contributed by atoms with Crippen molar-refractivity contribution in [2.45, 2.75) is 38.3 Å². The Morgan fingerprint density at radius 3 is 3.06 bits per heavy atom. The highest BCUT2D eigenvalue weighted by Gasteiger charge is 2.25. The van der Waals surface area contributed by atoms with E-state index < -0.39 is 0 Å². The lowest BCUT2D eigenvalue weighted by Gasteiger charge is -2.35. The van der Waals surface area contributed by atoms with Crippen LogP contribution in [0.25, 0.3) is 0 Å². The van der Waals surface area contributed by atoms with Gasteiger partial charge in [-0.2, -0.15) is 0 Å². The van der Waals surface area contributed by atoms with E-state index in [0.29, 0.717) is 12.1 Å². The molecule has 0 spiro atoms. The number of rotatable bonds is 6. The van der Waals surface area contributed by atoms with Crippen LogP contribution in [0.4, 0.5) is 0 Å². The Kier molecular flexibility index (Phi) is 6.47. The molecule has 1 rings (SSSR count). The zero-order chi connectivity index (χ0) is 11.8. The Morgan fingerprint density at radius 2 is 2.44 bits per heavy atom. The lowest BCUT2D eigenvalue weighted by Crippen LogP contribution is -2.51. The minimum Gasteiger partial charge on any atom is -0.374 e. The summed E-state index contributed by atoms with van der Waals surface area (Å²) < 4.78 is 5.83. The van der Waals surface area contributed by atoms with E-state index in [0.717, 1.165) is 45.5 Å². The molecule has 1 saturated heterocycles. The molecule has 1 aliphatic rings. The van der Waals surface area contributed by atoms with Gasteiger partial charge < -0.3 is 15.0 Å². The molecule has 0 aliphatic carbocycles. The van der Waals surface area contributed by atoms with Crippen molar-refractivity contribution >= 4 is 0 Å². The highest BCUT2D eigenvalue weighted by atomic mass is 16.5. The molecule has 2 unspecified atom stereocenters. The Labute approximate surface area is 99.5 Å². The van der Waals surface area contributed by atoms with E-state index in [4.69, 9.17) is 11.2 Å². The van der Waals surface area contributed by atoms with Gasteiger partial charge in [-0.25, -0.2) is 0 Å². The average Bonchev–Trinajstić information content (AvgIpc) is 2.29. The molecule has 0 aromatic carbocycles. The first kappa shape index (κ1) is 13.5. The molecule has 92 valence electrons. The van der Waals surface area contributed by atoms with Gasteiger partial charge in [0.15, 0.2) is 0 Å². The van der Waals surface area contributed by atoms with Crippen molar-refractivity contribution in [1.29, 1.82) is 0 Å². The molecule has 0 aromatic heterocycles. The van der Waals surface area contributed by atoms with Gasteiger partial charge in [-0.3, -0.25) is 0 Å². The molecule has 3 heteroatoms. The van der Waals surface area contributed by atoms with E-state index in [9.17, 15) is 0 Å². The zero-order valence-electron chi connectivity index (χ0n) is 10.5. The van der Waals surface area contributed by atoms with Gasteiger partial charge in [-0.15, -0.1) is 12.3 Å². The Hall–Kier alpha value is -0.560. The fourth-order valence-electron chi connectivity index (χ4n) is 2.04. The second-order valence-electron chi connectivity index (χ2n) is 4.47. The molecule has 1 N–H and O–H groups in total. The fraction of sp³-hybridized carbons (Fsp3) is 0.846. The average molecular weight is 224 g/mol. The van der Waals surface area contributed by atoms with Crippen LogP contribution in [0.3, 0.4) is 0 Å². The van der Waals surface area contributed by atoms with Gasteiger partial charge in [0.1, 0.15) is 0 Å². The summed E-state index contributed by atoms with van der Waals surface area (Å²) in [6.07, 6.45) is 8.60. The molecule has 1 heterocycles. The lowest BCUT2D eigenvalue weighted by atomic mass is 10.0. The predicted molar refractivity (Wildman–Crippen MR) is 67.4 cm³/mol. The zero-order valence-corrected chi connectivity index (χ0v) is 10.5. The van der Waals surface area contributed by atoms with E-state index >= 15 is 0 Å². The molecule has 0 aromatic rings. The van der Waals surface area contributed by atoms with Gasteiger partial charge in [-0.05, 0) is 26.4 Å². The molecular weight excluding hydrogens is 200 g/mol. The second-order valence-corrected chi connectivity index (χ2v) is 4.47. The molecular formula is C13H24N2O. The number of ether oxygens (including phenoxy) is 1. The molecule has 1 aliphatic heterocycles. The van der Waals surface area contributed by atoms with Crippen molar-refractivity contribution in [2.24, 2.45) is 0 Å². The molecule has 0 amide bonds. The molecule has 0 radical (unpaired) electrons. The first-order valence-electron chi connectivity index (χ1n) is 6.25. The van der Waals surface area contributed by atoms with Gasteiger partial charge in [-0.1, -0.05) is 6.92 Å². The van der Waals surface area contributed by atoms with Crippen LogP contribution >= 0.6 is 0 Å². The molecule has 2 atom stereocenters. The van der Waals surface area contributed by atoms with E-state index in [1.165, 1.54) is 0 Å². The van der Waals surface area contributed by atoms with E-state index in [1.54, 1.807) is 0 Å². The lowest BCUT2D eigenvalue weighted by molar-refractivity contribution is -0.0395. The van der Waals surface area contributed by atoms with Crippen molar-refractivity contribution < 1.29 is 4.74 Å². The summed E-state index contributed by atoms with van der Waals surface area (Å²) >= 11 is 0. The third-order valence-corrected chi connectivity index (χ3v) is 3.00. The Bertz CT molecular complexity index is 224. The van der Waals surface area contributed by atoms with Crippen LogP contribution in [0.5, 0.6) is 0 Å². The quantitative estimate of drug-likeness (QED) is 0.684. The van der Waals surface area contributed by atoms with Crippen molar-refractivity contribution in [2.75, 3.05) is 33.3 Å². The van der Waals surface area contributed by atoms with Gasteiger partial charge in [0.2, 0.25) is 0 Å². The smallest absolute Gasteiger partial charge is 0.0855 e. The Morgan fingerprint density at radius 1 is 1.62 bits per heavy atom. The van der Waals surface area contributed by atoms with Gasteiger partial charge in [0.05, 0.1) is 12.7 Å². The van der Waals surface area contributed by atoms with Crippen molar-refractivity contribution in [3.8, 4) is 12.3 Å². The molecule has 16 heavy (non-hydrogen) atoms. The maximum atomic E-state index is 5.83.